The molecule has 0 unspecified atom stereocenters. The number of nitrogens with one attached hydrogen (secondary N) is 1. The molecule has 0 spiro atoms. The summed E-state index contributed by atoms with van der Waals surface area (Å²) in [5.74, 6) is 0. The van der Waals surface area contributed by atoms with E-state index >= 15 is 0 Å². The maximum Gasteiger partial charge on any atom is 0.0361 e. The van der Waals surface area contributed by atoms with E-state index in [0.29, 0.717) is 0 Å². The summed E-state index contributed by atoms with van der Waals surface area (Å²) in [6.45, 7) is 6.12. The van der Waals surface area contributed by atoms with Crippen molar-refractivity contribution >= 4 is 0 Å². The van der Waals surface area contributed by atoms with Crippen LogP contribution in [-0.4, -0.2) is 6.54 Å². The summed E-state index contributed by atoms with van der Waals surface area (Å²) in [7, 11) is 0. The fourth-order valence-corrected chi connectivity index (χ4v) is 3.59. The van der Waals surface area contributed by atoms with Gasteiger partial charge in [-0.2, -0.15) is 0 Å². The largest absolute Gasteiger partial charge is 0.311 e. The monoisotopic (exact) mass is 355 g/mol. The summed E-state index contributed by atoms with van der Waals surface area (Å²) < 4.78 is 0. The Morgan fingerprint density at radius 2 is 1.22 bits per heavy atom. The van der Waals surface area contributed by atoms with Crippen LogP contribution in [0.2, 0.25) is 0 Å². The van der Waals surface area contributed by atoms with Crippen LogP contribution in [0.3, 0.4) is 0 Å². The maximum absolute atomic E-state index is 3.73. The second-order valence-electron chi connectivity index (χ2n) is 7.39. The molecule has 0 saturated heterocycles. The van der Waals surface area contributed by atoms with E-state index in [-0.39, 0.29) is 5.41 Å². The van der Waals surface area contributed by atoms with Crippen molar-refractivity contribution in [3.05, 3.63) is 119 Å². The van der Waals surface area contributed by atoms with Gasteiger partial charge in [0.15, 0.2) is 0 Å². The minimum absolute atomic E-state index is 0.0887. The Balaban J connectivity index is 1.96. The van der Waals surface area contributed by atoms with Crippen LogP contribution in [0.4, 0.5) is 0 Å². The quantitative estimate of drug-likeness (QED) is 0.480. The molecule has 138 valence electrons. The molecule has 0 heterocycles. The van der Waals surface area contributed by atoms with Crippen LogP contribution in [0, 0.1) is 0 Å². The highest BCUT2D eigenvalue weighted by atomic mass is 14.9. The van der Waals surface area contributed by atoms with Crippen LogP contribution < -0.4 is 5.32 Å². The molecule has 27 heavy (non-hydrogen) atoms. The molecular weight excluding hydrogens is 326 g/mol. The molecule has 0 aliphatic heterocycles. The Hall–Kier alpha value is -2.64. The van der Waals surface area contributed by atoms with Crippen LogP contribution >= 0.6 is 0 Å². The van der Waals surface area contributed by atoms with Crippen molar-refractivity contribution in [1.29, 1.82) is 0 Å². The van der Waals surface area contributed by atoms with Crippen LogP contribution in [0.15, 0.2) is 103 Å². The molecule has 3 aromatic carbocycles. The van der Waals surface area contributed by atoms with Gasteiger partial charge in [-0.1, -0.05) is 103 Å². The first kappa shape index (κ1) is 19.1. The van der Waals surface area contributed by atoms with Crippen molar-refractivity contribution in [2.45, 2.75) is 32.2 Å². The lowest BCUT2D eigenvalue weighted by atomic mass is 9.71. The minimum Gasteiger partial charge on any atom is -0.311 e. The Labute approximate surface area is 163 Å². The fourth-order valence-electron chi connectivity index (χ4n) is 3.59. The highest BCUT2D eigenvalue weighted by Gasteiger charge is 2.32. The smallest absolute Gasteiger partial charge is 0.0361 e. The maximum atomic E-state index is 3.73. The van der Waals surface area contributed by atoms with E-state index in [9.17, 15) is 0 Å². The third kappa shape index (κ3) is 4.96. The average Bonchev–Trinajstić information content (AvgIpc) is 2.72. The highest BCUT2D eigenvalue weighted by Crippen LogP contribution is 2.36. The molecule has 0 saturated carbocycles. The van der Waals surface area contributed by atoms with Gasteiger partial charge >= 0.3 is 0 Å². The number of hydrogen-bond donors (Lipinski definition) is 1. The predicted octanol–water partition coefficient (Wildman–Crippen LogP) is 6.12. The second-order valence-corrected chi connectivity index (χ2v) is 7.39. The molecule has 0 amide bonds. The molecule has 3 rings (SSSR count). The van der Waals surface area contributed by atoms with Gasteiger partial charge < -0.3 is 5.32 Å². The molecule has 0 aromatic heterocycles. The van der Waals surface area contributed by atoms with Gasteiger partial charge in [-0.25, -0.2) is 0 Å². The van der Waals surface area contributed by atoms with Crippen molar-refractivity contribution in [3.63, 3.8) is 0 Å². The lowest BCUT2D eigenvalue weighted by molar-refractivity contribution is 0.466. The standard InChI is InChI=1S/C26H29N/c1-22(2)18-19-26(24-14-8-4-9-15-24,25-16-10-5-11-17-25)21-27-20-23-12-6-3-7-13-23/h3-18,27H,19-21H2,1-2H3. The molecule has 0 aliphatic carbocycles. The third-order valence-electron chi connectivity index (χ3n) is 5.11. The zero-order chi connectivity index (χ0) is 19.0. The van der Waals surface area contributed by atoms with E-state index in [2.05, 4.69) is 116 Å². The molecule has 3 aromatic rings. The molecular formula is C26H29N. The van der Waals surface area contributed by atoms with Gasteiger partial charge in [0.05, 0.1) is 0 Å². The molecule has 0 atom stereocenters. The first-order valence-corrected chi connectivity index (χ1v) is 9.70. The summed E-state index contributed by atoms with van der Waals surface area (Å²) in [6, 6.07) is 32.4. The van der Waals surface area contributed by atoms with E-state index in [1.54, 1.807) is 0 Å². The van der Waals surface area contributed by atoms with E-state index in [0.717, 1.165) is 19.5 Å². The van der Waals surface area contributed by atoms with Crippen molar-refractivity contribution < 1.29 is 0 Å². The third-order valence-corrected chi connectivity index (χ3v) is 5.11. The van der Waals surface area contributed by atoms with Crippen molar-refractivity contribution in [1.82, 2.24) is 5.32 Å². The molecule has 1 nitrogen and oxygen atoms in total. The van der Waals surface area contributed by atoms with E-state index in [1.165, 1.54) is 22.3 Å². The molecule has 0 fully saturated rings. The summed E-state index contributed by atoms with van der Waals surface area (Å²) in [6.07, 6.45) is 3.34. The van der Waals surface area contributed by atoms with Gasteiger partial charge in [0.2, 0.25) is 0 Å². The minimum atomic E-state index is -0.0887. The van der Waals surface area contributed by atoms with Gasteiger partial charge in [0.25, 0.3) is 0 Å². The number of allylic oxidation sites excluding steroid dienone is 2. The number of hydrogen-bond acceptors (Lipinski definition) is 1. The molecule has 1 heteroatoms. The van der Waals surface area contributed by atoms with Gasteiger partial charge in [0.1, 0.15) is 0 Å². The van der Waals surface area contributed by atoms with Crippen LogP contribution in [0.25, 0.3) is 0 Å². The van der Waals surface area contributed by atoms with Gasteiger partial charge in [-0.15, -0.1) is 0 Å². The van der Waals surface area contributed by atoms with Crippen molar-refractivity contribution in [2.24, 2.45) is 0 Å². The predicted molar refractivity (Wildman–Crippen MR) is 116 cm³/mol. The fraction of sp³-hybridized carbons (Fsp3) is 0.231. The van der Waals surface area contributed by atoms with Crippen molar-refractivity contribution in [3.8, 4) is 0 Å². The van der Waals surface area contributed by atoms with E-state index in [1.807, 2.05) is 0 Å². The molecule has 0 bridgehead atoms. The summed E-state index contributed by atoms with van der Waals surface area (Å²) in [4.78, 5) is 0. The Morgan fingerprint density at radius 1 is 0.741 bits per heavy atom. The summed E-state index contributed by atoms with van der Waals surface area (Å²) in [5, 5.41) is 3.73. The van der Waals surface area contributed by atoms with E-state index in [4.69, 9.17) is 0 Å². The molecule has 1 N–H and O–H groups in total. The van der Waals surface area contributed by atoms with Gasteiger partial charge in [-0.3, -0.25) is 0 Å². The lowest BCUT2D eigenvalue weighted by Gasteiger charge is -2.35. The molecule has 0 radical (unpaired) electrons. The van der Waals surface area contributed by atoms with E-state index < -0.39 is 0 Å². The first-order valence-electron chi connectivity index (χ1n) is 9.70. The Kier molecular flexibility index (Phi) is 6.62. The molecule has 0 aliphatic rings. The number of rotatable bonds is 8. The normalized spacial score (nSPS) is 11.2. The lowest BCUT2D eigenvalue weighted by Crippen LogP contribution is -2.39. The van der Waals surface area contributed by atoms with Crippen LogP contribution in [0.1, 0.15) is 37.0 Å². The summed E-state index contributed by atoms with van der Waals surface area (Å²) in [5.41, 5.74) is 5.29. The Bertz CT molecular complexity index is 792. The average molecular weight is 356 g/mol. The van der Waals surface area contributed by atoms with Gasteiger partial charge in [0, 0.05) is 18.5 Å². The summed E-state index contributed by atoms with van der Waals surface area (Å²) >= 11 is 0. The topological polar surface area (TPSA) is 12.0 Å². The SMILES string of the molecule is CC(C)=CCC(CNCc1ccccc1)(c1ccccc1)c1ccccc1. The Morgan fingerprint density at radius 3 is 1.70 bits per heavy atom. The van der Waals surface area contributed by atoms with Gasteiger partial charge in [-0.05, 0) is 37.0 Å². The van der Waals surface area contributed by atoms with Crippen LogP contribution in [0.5, 0.6) is 0 Å². The number of benzene rings is 3. The zero-order valence-corrected chi connectivity index (χ0v) is 16.4. The first-order chi connectivity index (χ1) is 13.2. The second kappa shape index (κ2) is 9.34. The van der Waals surface area contributed by atoms with Crippen LogP contribution in [-0.2, 0) is 12.0 Å². The highest BCUT2D eigenvalue weighted by molar-refractivity contribution is 5.41. The zero-order valence-electron chi connectivity index (χ0n) is 16.4. The van der Waals surface area contributed by atoms with Crippen molar-refractivity contribution in [2.75, 3.05) is 6.54 Å².